The van der Waals surface area contributed by atoms with Crippen molar-refractivity contribution < 1.29 is 13.2 Å². The lowest BCUT2D eigenvalue weighted by molar-refractivity contribution is -0.116. The van der Waals surface area contributed by atoms with Crippen molar-refractivity contribution >= 4 is 43.4 Å². The Morgan fingerprint density at radius 3 is 2.70 bits per heavy atom. The third kappa shape index (κ3) is 5.41. The quantitative estimate of drug-likeness (QED) is 0.488. The summed E-state index contributed by atoms with van der Waals surface area (Å²) in [5.74, 6) is 0.572. The Kier molecular flexibility index (Phi) is 7.16. The number of nitrogens with one attached hydrogen (secondary N) is 1. The third-order valence-corrected chi connectivity index (χ3v) is 6.42. The molecule has 0 atom stereocenters. The van der Waals surface area contributed by atoms with Gasteiger partial charge in [0.25, 0.3) is 0 Å². The van der Waals surface area contributed by atoms with Crippen molar-refractivity contribution in [3.8, 4) is 0 Å². The van der Waals surface area contributed by atoms with Crippen molar-refractivity contribution in [1.82, 2.24) is 19.7 Å². The number of benzene rings is 1. The van der Waals surface area contributed by atoms with E-state index in [0.717, 1.165) is 48.6 Å². The van der Waals surface area contributed by atoms with Crippen LogP contribution >= 0.6 is 11.3 Å². The molecule has 9 nitrogen and oxygen atoms in total. The summed E-state index contributed by atoms with van der Waals surface area (Å²) >= 11 is 1.40. The maximum Gasteiger partial charge on any atom is 0.238 e. The Hall–Kier alpha value is -2.37. The average molecular weight is 451 g/mol. The van der Waals surface area contributed by atoms with E-state index in [1.165, 1.54) is 23.5 Å². The molecule has 0 bridgehead atoms. The number of fused-ring (bicyclic) bond motifs is 1. The zero-order valence-corrected chi connectivity index (χ0v) is 18.7. The molecule has 3 N–H and O–H groups in total. The molecule has 0 aliphatic heterocycles. The molecular formula is C19H26N6O3S2. The second kappa shape index (κ2) is 9.63. The molecule has 30 heavy (non-hydrogen) atoms. The Bertz CT molecular complexity index is 1140. The number of primary sulfonamides is 1. The fourth-order valence-corrected chi connectivity index (χ4v) is 4.47. The Morgan fingerprint density at radius 1 is 1.20 bits per heavy atom. The van der Waals surface area contributed by atoms with E-state index in [2.05, 4.69) is 27.4 Å². The topological polar surface area (TPSA) is 133 Å². The molecule has 11 heteroatoms. The van der Waals surface area contributed by atoms with Crippen molar-refractivity contribution in [2.24, 2.45) is 5.14 Å². The van der Waals surface area contributed by atoms with Crippen molar-refractivity contribution in [3.63, 3.8) is 0 Å². The zero-order valence-electron chi connectivity index (χ0n) is 17.1. The van der Waals surface area contributed by atoms with Crippen LogP contribution in [0.15, 0.2) is 23.1 Å². The molecule has 3 rings (SSSR count). The molecule has 2 aromatic heterocycles. The van der Waals surface area contributed by atoms with Crippen LogP contribution < -0.4 is 10.5 Å². The number of anilines is 1. The Labute approximate surface area is 179 Å². The summed E-state index contributed by atoms with van der Waals surface area (Å²) in [7, 11) is -3.80. The number of hydrogen-bond donors (Lipinski definition) is 2. The lowest BCUT2D eigenvalue weighted by Gasteiger charge is -2.07. The molecule has 0 unspecified atom stereocenters. The van der Waals surface area contributed by atoms with Gasteiger partial charge in [0.05, 0.1) is 15.9 Å². The first-order valence-electron chi connectivity index (χ1n) is 9.96. The van der Waals surface area contributed by atoms with E-state index in [9.17, 15) is 13.2 Å². The van der Waals surface area contributed by atoms with Crippen LogP contribution in [0.4, 0.5) is 5.13 Å². The minimum Gasteiger partial charge on any atom is -0.328 e. The Balaban J connectivity index is 1.72. The number of nitrogens with zero attached hydrogens (tertiary/aromatic N) is 4. The number of amides is 1. The molecule has 162 valence electrons. The van der Waals surface area contributed by atoms with Crippen LogP contribution in [-0.4, -0.2) is 34.1 Å². The predicted molar refractivity (Wildman–Crippen MR) is 117 cm³/mol. The van der Waals surface area contributed by atoms with E-state index in [1.807, 2.05) is 11.5 Å². The van der Waals surface area contributed by atoms with Crippen LogP contribution in [0.25, 0.3) is 11.0 Å². The van der Waals surface area contributed by atoms with E-state index in [-0.39, 0.29) is 17.2 Å². The number of sulfonamides is 1. The third-order valence-electron chi connectivity index (χ3n) is 4.61. The van der Waals surface area contributed by atoms with Crippen molar-refractivity contribution in [2.45, 2.75) is 63.8 Å². The summed E-state index contributed by atoms with van der Waals surface area (Å²) in [5.41, 5.74) is 1.37. The Morgan fingerprint density at radius 2 is 2.00 bits per heavy atom. The van der Waals surface area contributed by atoms with Crippen LogP contribution in [0.3, 0.4) is 0 Å². The maximum atomic E-state index is 12.4. The number of rotatable bonds is 10. The standard InChI is InChI=1S/C19H26N6O3S2/c1-3-5-6-18-23-24-19(29-18)22-17(26)10-9-16-21-14-12-13(30(20,27)28)7-8-15(14)25(16)11-4-2/h7-8,12H,3-6,9-11H2,1-2H3,(H2,20,27,28)(H,22,24,26). The predicted octanol–water partition coefficient (Wildman–Crippen LogP) is 2.86. The number of nitrogens with two attached hydrogens (primary N) is 1. The van der Waals surface area contributed by atoms with Gasteiger partial charge in [0.1, 0.15) is 10.8 Å². The molecule has 3 aromatic rings. The largest absolute Gasteiger partial charge is 0.328 e. The van der Waals surface area contributed by atoms with Gasteiger partial charge in [-0.25, -0.2) is 18.5 Å². The first-order valence-corrected chi connectivity index (χ1v) is 12.3. The normalized spacial score (nSPS) is 11.8. The molecule has 0 radical (unpaired) electrons. The van der Waals surface area contributed by atoms with Crippen LogP contribution in [0.2, 0.25) is 0 Å². The molecule has 1 amide bonds. The fourth-order valence-electron chi connectivity index (χ4n) is 3.14. The van der Waals surface area contributed by atoms with Crippen molar-refractivity contribution in [2.75, 3.05) is 5.32 Å². The van der Waals surface area contributed by atoms with Crippen LogP contribution in [0, 0.1) is 0 Å². The maximum absolute atomic E-state index is 12.4. The minimum atomic E-state index is -3.80. The molecule has 2 heterocycles. The lowest BCUT2D eigenvalue weighted by Crippen LogP contribution is -2.14. The molecule has 0 fully saturated rings. The summed E-state index contributed by atoms with van der Waals surface area (Å²) in [6.07, 6.45) is 4.53. The van der Waals surface area contributed by atoms with Gasteiger partial charge in [0.15, 0.2) is 0 Å². The number of aryl methyl sites for hydroxylation is 3. The zero-order chi connectivity index (χ0) is 21.7. The minimum absolute atomic E-state index is 0.0237. The highest BCUT2D eigenvalue weighted by Crippen LogP contribution is 2.22. The molecule has 1 aromatic carbocycles. The van der Waals surface area contributed by atoms with Gasteiger partial charge >= 0.3 is 0 Å². The highest BCUT2D eigenvalue weighted by atomic mass is 32.2. The van der Waals surface area contributed by atoms with E-state index in [0.29, 0.717) is 17.1 Å². The highest BCUT2D eigenvalue weighted by Gasteiger charge is 2.16. The molecule has 0 saturated heterocycles. The molecule has 0 spiro atoms. The van der Waals surface area contributed by atoms with E-state index in [4.69, 9.17) is 5.14 Å². The number of unbranched alkanes of at least 4 members (excludes halogenated alkanes) is 1. The highest BCUT2D eigenvalue weighted by molar-refractivity contribution is 7.89. The van der Waals surface area contributed by atoms with Crippen LogP contribution in [-0.2, 0) is 34.2 Å². The number of hydrogen-bond acceptors (Lipinski definition) is 7. The van der Waals surface area contributed by atoms with Crippen molar-refractivity contribution in [1.29, 1.82) is 0 Å². The van der Waals surface area contributed by atoms with Gasteiger partial charge in [-0.1, -0.05) is 31.6 Å². The summed E-state index contributed by atoms with van der Waals surface area (Å²) < 4.78 is 25.3. The fraction of sp³-hybridized carbons (Fsp3) is 0.474. The summed E-state index contributed by atoms with van der Waals surface area (Å²) in [5, 5.41) is 17.6. The van der Waals surface area contributed by atoms with E-state index in [1.54, 1.807) is 6.07 Å². The summed E-state index contributed by atoms with van der Waals surface area (Å²) in [6, 6.07) is 4.66. The van der Waals surface area contributed by atoms with Crippen molar-refractivity contribution in [3.05, 3.63) is 29.0 Å². The summed E-state index contributed by atoms with van der Waals surface area (Å²) in [4.78, 5) is 17.0. The SMILES string of the molecule is CCCCc1nnc(NC(=O)CCc2nc3cc(S(N)(=O)=O)ccc3n2CCC)s1. The second-order valence-corrected chi connectivity index (χ2v) is 9.65. The number of carbonyl (C=O) groups is 1. The van der Waals surface area contributed by atoms with Crippen LogP contribution in [0.5, 0.6) is 0 Å². The molecule has 0 aliphatic carbocycles. The van der Waals surface area contributed by atoms with Gasteiger partial charge in [-0.3, -0.25) is 4.79 Å². The second-order valence-electron chi connectivity index (χ2n) is 7.03. The van der Waals surface area contributed by atoms with E-state index >= 15 is 0 Å². The summed E-state index contributed by atoms with van der Waals surface area (Å²) in [6.45, 7) is 4.89. The molecule has 0 aliphatic rings. The monoisotopic (exact) mass is 450 g/mol. The van der Waals surface area contributed by atoms with Crippen LogP contribution in [0.1, 0.15) is 50.4 Å². The average Bonchev–Trinajstić information content (AvgIpc) is 3.28. The van der Waals surface area contributed by atoms with Gasteiger partial charge in [-0.2, -0.15) is 0 Å². The molecular weight excluding hydrogens is 424 g/mol. The number of imidazole rings is 1. The number of aromatic nitrogens is 4. The van der Waals surface area contributed by atoms with E-state index < -0.39 is 10.0 Å². The van der Waals surface area contributed by atoms with Gasteiger partial charge in [0.2, 0.25) is 21.1 Å². The first kappa shape index (κ1) is 22.3. The number of carbonyl (C=O) groups excluding carboxylic acids is 1. The molecule has 0 saturated carbocycles. The first-order chi connectivity index (χ1) is 14.3. The van der Waals surface area contributed by atoms with Gasteiger partial charge in [0, 0.05) is 25.8 Å². The van der Waals surface area contributed by atoms with Gasteiger partial charge in [-0.15, -0.1) is 10.2 Å². The lowest BCUT2D eigenvalue weighted by atomic mass is 10.2. The smallest absolute Gasteiger partial charge is 0.238 e. The van der Waals surface area contributed by atoms with Gasteiger partial charge < -0.3 is 9.88 Å². The van der Waals surface area contributed by atoms with Gasteiger partial charge in [-0.05, 0) is 31.0 Å².